The molecule has 1 aromatic rings. The fraction of sp³-hybridized carbons (Fsp3) is 0.533. The Labute approximate surface area is 113 Å². The van der Waals surface area contributed by atoms with Gasteiger partial charge in [-0.1, -0.05) is 12.8 Å². The smallest absolute Gasteiger partial charge is 0.314 e. The molecule has 0 bridgehead atoms. The molecule has 1 fully saturated rings. The highest BCUT2D eigenvalue weighted by Gasteiger charge is 2.44. The molecule has 2 N–H and O–H groups in total. The number of hydrogen-bond donors (Lipinski definition) is 2. The van der Waals surface area contributed by atoms with Crippen LogP contribution in [-0.2, 0) is 10.2 Å². The lowest BCUT2D eigenvalue weighted by atomic mass is 9.76. The van der Waals surface area contributed by atoms with E-state index in [4.69, 9.17) is 4.74 Å². The van der Waals surface area contributed by atoms with E-state index >= 15 is 0 Å². The first-order chi connectivity index (χ1) is 8.94. The number of phenolic OH excluding ortho intramolecular Hbond substituents is 1. The van der Waals surface area contributed by atoms with Crippen LogP contribution in [0.4, 0.5) is 0 Å². The Balaban J connectivity index is 2.65. The van der Waals surface area contributed by atoms with E-state index < -0.39 is 11.4 Å². The summed E-state index contributed by atoms with van der Waals surface area (Å²) < 4.78 is 5.17. The lowest BCUT2D eigenvalue weighted by Crippen LogP contribution is -2.33. The van der Waals surface area contributed by atoms with Gasteiger partial charge in [0, 0.05) is 0 Å². The number of hydrogen-bond acceptors (Lipinski definition) is 3. The van der Waals surface area contributed by atoms with Gasteiger partial charge in [-0.05, 0) is 49.4 Å². The minimum Gasteiger partial charge on any atom is -0.504 e. The highest BCUT2D eigenvalue weighted by atomic mass is 16.5. The number of aliphatic carboxylic acids is 1. The first-order valence-electron chi connectivity index (χ1n) is 6.55. The van der Waals surface area contributed by atoms with Crippen LogP contribution in [0.15, 0.2) is 6.07 Å². The van der Waals surface area contributed by atoms with Crippen molar-refractivity contribution in [1.29, 1.82) is 0 Å². The van der Waals surface area contributed by atoms with Gasteiger partial charge in [0.15, 0.2) is 11.5 Å². The molecule has 1 saturated carbocycles. The summed E-state index contributed by atoms with van der Waals surface area (Å²) in [5, 5.41) is 19.7. The van der Waals surface area contributed by atoms with Crippen molar-refractivity contribution in [3.8, 4) is 11.5 Å². The lowest BCUT2D eigenvalue weighted by Gasteiger charge is -2.28. The summed E-state index contributed by atoms with van der Waals surface area (Å²) in [6.07, 6.45) is 3.10. The molecule has 4 heteroatoms. The van der Waals surface area contributed by atoms with Crippen molar-refractivity contribution in [3.63, 3.8) is 0 Å². The molecule has 0 radical (unpaired) electrons. The molecule has 104 valence electrons. The highest BCUT2D eigenvalue weighted by molar-refractivity contribution is 5.83. The average molecular weight is 264 g/mol. The predicted molar refractivity (Wildman–Crippen MR) is 71.9 cm³/mol. The van der Waals surface area contributed by atoms with Gasteiger partial charge in [0.05, 0.1) is 12.5 Å². The van der Waals surface area contributed by atoms with Crippen molar-refractivity contribution in [2.24, 2.45) is 0 Å². The molecule has 0 amide bonds. The van der Waals surface area contributed by atoms with Crippen LogP contribution in [0.5, 0.6) is 11.5 Å². The first-order valence-corrected chi connectivity index (χ1v) is 6.55. The van der Waals surface area contributed by atoms with E-state index in [0.29, 0.717) is 18.6 Å². The Bertz CT molecular complexity index is 513. The van der Waals surface area contributed by atoms with Crippen LogP contribution < -0.4 is 4.74 Å². The van der Waals surface area contributed by atoms with E-state index in [0.717, 1.165) is 29.5 Å². The zero-order valence-corrected chi connectivity index (χ0v) is 11.6. The van der Waals surface area contributed by atoms with Crippen molar-refractivity contribution >= 4 is 5.97 Å². The third kappa shape index (κ3) is 1.95. The number of ether oxygens (including phenoxy) is 1. The zero-order chi connectivity index (χ0) is 14.2. The van der Waals surface area contributed by atoms with Crippen LogP contribution in [-0.4, -0.2) is 23.3 Å². The monoisotopic (exact) mass is 264 g/mol. The number of benzene rings is 1. The number of aromatic hydroxyl groups is 1. The number of methoxy groups -OCH3 is 1. The Morgan fingerprint density at radius 3 is 2.32 bits per heavy atom. The Morgan fingerprint density at radius 1 is 1.26 bits per heavy atom. The molecule has 4 nitrogen and oxygen atoms in total. The van der Waals surface area contributed by atoms with Gasteiger partial charge in [-0.15, -0.1) is 0 Å². The molecule has 0 unspecified atom stereocenters. The molecule has 0 saturated heterocycles. The number of phenols is 1. The molecule has 1 aliphatic carbocycles. The standard InChI is InChI=1S/C15H20O4/c1-9-10(2)13(19-3)12(16)8-11(9)15(14(17)18)6-4-5-7-15/h8,16H,4-7H2,1-3H3,(H,17,18). The SMILES string of the molecule is COc1c(O)cc(C2(C(=O)O)CCCC2)c(C)c1C. The van der Waals surface area contributed by atoms with Crippen LogP contribution in [0.3, 0.4) is 0 Å². The zero-order valence-electron chi connectivity index (χ0n) is 11.6. The van der Waals surface area contributed by atoms with Gasteiger partial charge in [0.1, 0.15) is 0 Å². The topological polar surface area (TPSA) is 66.8 Å². The van der Waals surface area contributed by atoms with Crippen LogP contribution in [0.2, 0.25) is 0 Å². The summed E-state index contributed by atoms with van der Waals surface area (Å²) >= 11 is 0. The summed E-state index contributed by atoms with van der Waals surface area (Å²) in [6, 6.07) is 1.57. The summed E-state index contributed by atoms with van der Waals surface area (Å²) in [7, 11) is 1.50. The van der Waals surface area contributed by atoms with Crippen molar-refractivity contribution in [3.05, 3.63) is 22.8 Å². The summed E-state index contributed by atoms with van der Waals surface area (Å²) in [5.74, 6) is -0.343. The number of rotatable bonds is 3. The maximum Gasteiger partial charge on any atom is 0.314 e. The summed E-state index contributed by atoms with van der Waals surface area (Å²) in [5.41, 5.74) is 1.59. The van der Waals surface area contributed by atoms with Crippen LogP contribution >= 0.6 is 0 Å². The number of carboxylic acids is 1. The molecular weight excluding hydrogens is 244 g/mol. The van der Waals surface area contributed by atoms with Gasteiger partial charge in [0.25, 0.3) is 0 Å². The minimum atomic E-state index is -0.849. The van der Waals surface area contributed by atoms with Gasteiger partial charge in [-0.3, -0.25) is 4.79 Å². The second-order valence-corrected chi connectivity index (χ2v) is 5.32. The number of carboxylic acid groups (broad SMARTS) is 1. The second-order valence-electron chi connectivity index (χ2n) is 5.32. The van der Waals surface area contributed by atoms with E-state index in [-0.39, 0.29) is 5.75 Å². The first kappa shape index (κ1) is 13.7. The summed E-state index contributed by atoms with van der Waals surface area (Å²) in [4.78, 5) is 11.7. The molecule has 1 aliphatic rings. The molecule has 0 atom stereocenters. The molecule has 0 aliphatic heterocycles. The Hall–Kier alpha value is -1.71. The molecular formula is C15H20O4. The van der Waals surface area contributed by atoms with Gasteiger partial charge >= 0.3 is 5.97 Å². The molecule has 1 aromatic carbocycles. The van der Waals surface area contributed by atoms with E-state index in [1.54, 1.807) is 6.07 Å². The fourth-order valence-corrected chi connectivity index (χ4v) is 3.21. The van der Waals surface area contributed by atoms with Crippen LogP contribution in [0.25, 0.3) is 0 Å². The van der Waals surface area contributed by atoms with Crippen molar-refractivity contribution in [2.45, 2.75) is 44.9 Å². The quantitative estimate of drug-likeness (QED) is 0.881. The van der Waals surface area contributed by atoms with Gasteiger partial charge < -0.3 is 14.9 Å². The number of carbonyl (C=O) groups is 1. The largest absolute Gasteiger partial charge is 0.504 e. The Morgan fingerprint density at radius 2 is 1.84 bits per heavy atom. The maximum absolute atomic E-state index is 11.7. The van der Waals surface area contributed by atoms with E-state index in [2.05, 4.69) is 0 Å². The molecule has 0 aromatic heterocycles. The fourth-order valence-electron chi connectivity index (χ4n) is 3.21. The predicted octanol–water partition coefficient (Wildman–Crippen LogP) is 2.91. The van der Waals surface area contributed by atoms with Crippen molar-refractivity contribution in [1.82, 2.24) is 0 Å². The van der Waals surface area contributed by atoms with Crippen molar-refractivity contribution < 1.29 is 19.7 Å². The van der Waals surface area contributed by atoms with Gasteiger partial charge in [-0.25, -0.2) is 0 Å². The summed E-state index contributed by atoms with van der Waals surface area (Å²) in [6.45, 7) is 3.75. The highest BCUT2D eigenvalue weighted by Crippen LogP contribution is 2.46. The van der Waals surface area contributed by atoms with Crippen LogP contribution in [0.1, 0.15) is 42.4 Å². The minimum absolute atomic E-state index is 0.0214. The van der Waals surface area contributed by atoms with E-state index in [1.165, 1.54) is 7.11 Å². The van der Waals surface area contributed by atoms with E-state index in [1.807, 2.05) is 13.8 Å². The molecule has 2 rings (SSSR count). The molecule has 19 heavy (non-hydrogen) atoms. The lowest BCUT2D eigenvalue weighted by molar-refractivity contribution is -0.143. The molecule has 0 heterocycles. The van der Waals surface area contributed by atoms with Gasteiger partial charge in [0.2, 0.25) is 0 Å². The third-order valence-electron chi connectivity index (χ3n) is 4.41. The van der Waals surface area contributed by atoms with Crippen LogP contribution in [0, 0.1) is 13.8 Å². The normalized spacial score (nSPS) is 17.4. The Kier molecular flexibility index (Phi) is 3.43. The maximum atomic E-state index is 11.7. The molecule has 0 spiro atoms. The third-order valence-corrected chi connectivity index (χ3v) is 4.41. The average Bonchev–Trinajstić information content (AvgIpc) is 2.85. The second kappa shape index (κ2) is 4.76. The van der Waals surface area contributed by atoms with Crippen molar-refractivity contribution in [2.75, 3.05) is 7.11 Å². The van der Waals surface area contributed by atoms with Gasteiger partial charge in [-0.2, -0.15) is 0 Å². The van der Waals surface area contributed by atoms with E-state index in [9.17, 15) is 15.0 Å².